The lowest BCUT2D eigenvalue weighted by molar-refractivity contribution is -0.120. The van der Waals surface area contributed by atoms with E-state index in [1.54, 1.807) is 6.20 Å². The Labute approximate surface area is 95.6 Å². The fourth-order valence-electron chi connectivity index (χ4n) is 1.22. The van der Waals surface area contributed by atoms with Crippen LogP contribution in [0.1, 0.15) is 26.6 Å². The Balaban J connectivity index is 3.13. The van der Waals surface area contributed by atoms with E-state index in [1.165, 1.54) is 6.33 Å². The number of nitrogens with one attached hydrogen (secondary N) is 1. The predicted octanol–water partition coefficient (Wildman–Crippen LogP) is 1.32. The summed E-state index contributed by atoms with van der Waals surface area (Å²) in [6.45, 7) is 5.64. The lowest BCUT2D eigenvalue weighted by atomic mass is 9.86. The summed E-state index contributed by atoms with van der Waals surface area (Å²) >= 11 is 0. The van der Waals surface area contributed by atoms with Gasteiger partial charge in [0.15, 0.2) is 11.6 Å². The van der Waals surface area contributed by atoms with Gasteiger partial charge >= 0.3 is 0 Å². The van der Waals surface area contributed by atoms with E-state index in [9.17, 15) is 4.79 Å². The lowest BCUT2D eigenvalue weighted by Gasteiger charge is -2.18. The molecule has 0 aromatic carbocycles. The number of aromatic amines is 1. The SMILES string of the molecule is CN(C)C=C(C(=O)C(C)(C)C)c1nc[nH]n1. The number of nitrogens with zero attached hydrogens (tertiary/aromatic N) is 3. The molecule has 5 heteroatoms. The zero-order chi connectivity index (χ0) is 12.3. The van der Waals surface area contributed by atoms with E-state index < -0.39 is 5.41 Å². The van der Waals surface area contributed by atoms with Gasteiger partial charge in [-0.3, -0.25) is 9.89 Å². The standard InChI is InChI=1S/C11H18N4O/c1-11(2,3)9(16)8(6-15(4)5)10-12-7-13-14-10/h6-7H,1-5H3,(H,12,13,14). The molecule has 0 fully saturated rings. The van der Waals surface area contributed by atoms with E-state index in [-0.39, 0.29) is 5.78 Å². The first-order chi connectivity index (χ1) is 7.32. The van der Waals surface area contributed by atoms with E-state index in [0.717, 1.165) is 0 Å². The Morgan fingerprint density at radius 3 is 2.44 bits per heavy atom. The van der Waals surface area contributed by atoms with Crippen molar-refractivity contribution in [3.63, 3.8) is 0 Å². The second-order valence-corrected chi connectivity index (χ2v) is 4.91. The van der Waals surface area contributed by atoms with E-state index in [2.05, 4.69) is 15.2 Å². The summed E-state index contributed by atoms with van der Waals surface area (Å²) in [6, 6.07) is 0. The predicted molar refractivity (Wildman–Crippen MR) is 62.5 cm³/mol. The Kier molecular flexibility index (Phi) is 3.47. The highest BCUT2D eigenvalue weighted by Crippen LogP contribution is 2.24. The average molecular weight is 222 g/mol. The van der Waals surface area contributed by atoms with E-state index >= 15 is 0 Å². The van der Waals surface area contributed by atoms with Crippen LogP contribution in [0.25, 0.3) is 5.57 Å². The van der Waals surface area contributed by atoms with Crippen LogP contribution < -0.4 is 0 Å². The zero-order valence-corrected chi connectivity index (χ0v) is 10.4. The van der Waals surface area contributed by atoms with Gasteiger partial charge in [0.05, 0.1) is 5.57 Å². The summed E-state index contributed by atoms with van der Waals surface area (Å²) in [5, 5.41) is 6.57. The maximum Gasteiger partial charge on any atom is 0.185 e. The summed E-state index contributed by atoms with van der Waals surface area (Å²) in [7, 11) is 3.73. The Hall–Kier alpha value is -1.65. The van der Waals surface area contributed by atoms with Crippen LogP contribution in [0.5, 0.6) is 0 Å². The van der Waals surface area contributed by atoms with Crippen LogP contribution in [-0.2, 0) is 4.79 Å². The number of carbonyl (C=O) groups excluding carboxylic acids is 1. The molecule has 0 bridgehead atoms. The molecular weight excluding hydrogens is 204 g/mol. The van der Waals surface area contributed by atoms with Crippen molar-refractivity contribution in [2.45, 2.75) is 20.8 Å². The number of aromatic nitrogens is 3. The first kappa shape index (κ1) is 12.4. The summed E-state index contributed by atoms with van der Waals surface area (Å²) in [5.41, 5.74) is 0.0846. The third-order valence-electron chi connectivity index (χ3n) is 1.97. The molecule has 0 spiro atoms. The number of H-pyrrole nitrogens is 1. The van der Waals surface area contributed by atoms with Gasteiger partial charge < -0.3 is 4.90 Å². The van der Waals surface area contributed by atoms with Crippen LogP contribution in [0.15, 0.2) is 12.5 Å². The Bertz CT molecular complexity index is 385. The van der Waals surface area contributed by atoms with Gasteiger partial charge in [-0.1, -0.05) is 20.8 Å². The topological polar surface area (TPSA) is 61.9 Å². The van der Waals surface area contributed by atoms with Crippen molar-refractivity contribution in [3.8, 4) is 0 Å². The molecular formula is C11H18N4O. The maximum absolute atomic E-state index is 12.2. The molecule has 0 aliphatic rings. The highest BCUT2D eigenvalue weighted by atomic mass is 16.1. The molecule has 1 aromatic heterocycles. The highest BCUT2D eigenvalue weighted by molar-refractivity contribution is 6.21. The second-order valence-electron chi connectivity index (χ2n) is 4.91. The van der Waals surface area contributed by atoms with Crippen molar-refractivity contribution in [3.05, 3.63) is 18.4 Å². The van der Waals surface area contributed by atoms with E-state index in [4.69, 9.17) is 0 Å². The number of allylic oxidation sites excluding steroid dienone is 1. The molecule has 0 unspecified atom stereocenters. The molecule has 0 saturated carbocycles. The summed E-state index contributed by atoms with van der Waals surface area (Å²) in [6.07, 6.45) is 3.21. The molecule has 0 atom stereocenters. The molecule has 0 amide bonds. The molecule has 0 radical (unpaired) electrons. The number of ketones is 1. The van der Waals surface area contributed by atoms with Gasteiger partial charge in [-0.15, -0.1) is 0 Å². The minimum atomic E-state index is -0.442. The van der Waals surface area contributed by atoms with Crippen LogP contribution in [0.4, 0.5) is 0 Å². The summed E-state index contributed by atoms with van der Waals surface area (Å²) < 4.78 is 0. The fourth-order valence-corrected chi connectivity index (χ4v) is 1.22. The van der Waals surface area contributed by atoms with Crippen molar-refractivity contribution >= 4 is 11.4 Å². The van der Waals surface area contributed by atoms with Gasteiger partial charge in [0.2, 0.25) is 0 Å². The van der Waals surface area contributed by atoms with Crippen LogP contribution in [0, 0.1) is 5.41 Å². The van der Waals surface area contributed by atoms with Gasteiger partial charge in [-0.25, -0.2) is 4.98 Å². The smallest absolute Gasteiger partial charge is 0.185 e. The van der Waals surface area contributed by atoms with Crippen molar-refractivity contribution in [1.82, 2.24) is 20.1 Å². The quantitative estimate of drug-likeness (QED) is 0.783. The molecule has 0 aliphatic heterocycles. The minimum Gasteiger partial charge on any atom is -0.383 e. The largest absolute Gasteiger partial charge is 0.383 e. The van der Waals surface area contributed by atoms with Gasteiger partial charge in [0, 0.05) is 25.7 Å². The molecule has 1 heterocycles. The van der Waals surface area contributed by atoms with Crippen LogP contribution in [0.2, 0.25) is 0 Å². The van der Waals surface area contributed by atoms with Gasteiger partial charge in [-0.2, -0.15) is 5.10 Å². The maximum atomic E-state index is 12.2. The highest BCUT2D eigenvalue weighted by Gasteiger charge is 2.27. The zero-order valence-electron chi connectivity index (χ0n) is 10.4. The average Bonchev–Trinajstić information content (AvgIpc) is 2.63. The Morgan fingerprint density at radius 2 is 2.06 bits per heavy atom. The molecule has 5 nitrogen and oxygen atoms in total. The molecule has 1 N–H and O–H groups in total. The molecule has 0 saturated heterocycles. The number of carbonyl (C=O) groups is 1. The molecule has 1 rings (SSSR count). The van der Waals surface area contributed by atoms with Crippen molar-refractivity contribution in [2.75, 3.05) is 14.1 Å². The minimum absolute atomic E-state index is 0.0285. The number of hydrogen-bond acceptors (Lipinski definition) is 4. The Morgan fingerprint density at radius 1 is 1.44 bits per heavy atom. The van der Waals surface area contributed by atoms with E-state index in [1.807, 2.05) is 39.8 Å². The first-order valence-corrected chi connectivity index (χ1v) is 5.11. The van der Waals surface area contributed by atoms with Crippen molar-refractivity contribution in [1.29, 1.82) is 0 Å². The monoisotopic (exact) mass is 222 g/mol. The van der Waals surface area contributed by atoms with Crippen LogP contribution >= 0.6 is 0 Å². The molecule has 16 heavy (non-hydrogen) atoms. The lowest BCUT2D eigenvalue weighted by Crippen LogP contribution is -2.23. The van der Waals surface area contributed by atoms with Gasteiger partial charge in [0.1, 0.15) is 6.33 Å². The van der Waals surface area contributed by atoms with Crippen LogP contribution in [-0.4, -0.2) is 40.0 Å². The molecule has 88 valence electrons. The second kappa shape index (κ2) is 4.47. The molecule has 1 aromatic rings. The third-order valence-corrected chi connectivity index (χ3v) is 1.97. The number of hydrogen-bond donors (Lipinski definition) is 1. The van der Waals surface area contributed by atoms with Crippen LogP contribution in [0.3, 0.4) is 0 Å². The first-order valence-electron chi connectivity index (χ1n) is 5.11. The van der Waals surface area contributed by atoms with Crippen molar-refractivity contribution < 1.29 is 4.79 Å². The number of rotatable bonds is 3. The third kappa shape index (κ3) is 2.92. The summed E-state index contributed by atoms with van der Waals surface area (Å²) in [5.74, 6) is 0.467. The van der Waals surface area contributed by atoms with Gasteiger partial charge in [0.25, 0.3) is 0 Å². The van der Waals surface area contributed by atoms with E-state index in [0.29, 0.717) is 11.4 Å². The van der Waals surface area contributed by atoms with Crippen molar-refractivity contribution in [2.24, 2.45) is 5.41 Å². The summed E-state index contributed by atoms with van der Waals surface area (Å²) in [4.78, 5) is 18.0. The normalized spacial score (nSPS) is 12.7. The van der Waals surface area contributed by atoms with Gasteiger partial charge in [-0.05, 0) is 0 Å². The molecule has 0 aliphatic carbocycles. The fraction of sp³-hybridized carbons (Fsp3) is 0.545. The number of Topliss-reactive ketones (excluding diaryl/α,β-unsaturated/α-hetero) is 1.